The van der Waals surface area contributed by atoms with E-state index in [0.717, 1.165) is 71.1 Å². The first-order chi connectivity index (χ1) is 18.0. The van der Waals surface area contributed by atoms with Crippen molar-refractivity contribution in [3.05, 3.63) is 35.4 Å². The van der Waals surface area contributed by atoms with Crippen LogP contribution in [-0.4, -0.2) is 79.0 Å². The monoisotopic (exact) mass is 617 g/mol. The molecule has 3 N–H and O–H groups in total. The number of nitrogens with one attached hydrogen (secondary N) is 3. The van der Waals surface area contributed by atoms with Crippen molar-refractivity contribution >= 4 is 49.0 Å². The fourth-order valence-corrected chi connectivity index (χ4v) is 7.21. The van der Waals surface area contributed by atoms with Gasteiger partial charge in [0.15, 0.2) is 0 Å². The van der Waals surface area contributed by atoms with Crippen LogP contribution in [-0.2, 0) is 16.0 Å². The molecule has 5 rings (SSSR count). The molecule has 0 spiro atoms. The molecule has 1 saturated carbocycles. The average Bonchev–Trinajstić information content (AvgIpc) is 3.41. The Bertz CT molecular complexity index is 948. The second-order valence-corrected chi connectivity index (χ2v) is 11.9. The van der Waals surface area contributed by atoms with Crippen LogP contribution in [0.2, 0.25) is 0 Å². The molecule has 228 valence electrons. The second kappa shape index (κ2) is 16.5. The summed E-state index contributed by atoms with van der Waals surface area (Å²) in [6.07, 6.45) is 11.5. The van der Waals surface area contributed by atoms with Crippen molar-refractivity contribution < 1.29 is 9.59 Å². The van der Waals surface area contributed by atoms with Gasteiger partial charge in [0.1, 0.15) is 6.04 Å². The topological polar surface area (TPSA) is 76.7 Å². The van der Waals surface area contributed by atoms with Crippen LogP contribution in [0.15, 0.2) is 24.3 Å². The summed E-state index contributed by atoms with van der Waals surface area (Å²) in [5.41, 5.74) is 2.89. The molecule has 2 aliphatic heterocycles. The number of nitrogens with zero attached hydrogens (tertiary/aromatic N) is 2. The highest BCUT2D eigenvalue weighted by Crippen LogP contribution is 2.32. The van der Waals surface area contributed by atoms with Gasteiger partial charge in [-0.2, -0.15) is 0 Å². The van der Waals surface area contributed by atoms with Crippen molar-refractivity contribution in [3.8, 4) is 0 Å². The molecule has 4 aliphatic rings. The summed E-state index contributed by atoms with van der Waals surface area (Å²) >= 11 is 0. The predicted octanol–water partition coefficient (Wildman–Crippen LogP) is 4.27. The lowest BCUT2D eigenvalue weighted by Gasteiger charge is -2.46. The lowest BCUT2D eigenvalue weighted by atomic mass is 9.82. The molecule has 5 atom stereocenters. The van der Waals surface area contributed by atoms with E-state index < -0.39 is 6.04 Å². The molecule has 2 amide bonds. The fourth-order valence-electron chi connectivity index (χ4n) is 7.21. The Hall–Kier alpha value is -1.09. The maximum absolute atomic E-state index is 14.3. The molecule has 0 unspecified atom stereocenters. The quantitative estimate of drug-likeness (QED) is 0.406. The Kier molecular flexibility index (Phi) is 14.5. The minimum absolute atomic E-state index is 0. The first-order valence-corrected chi connectivity index (χ1v) is 14.9. The van der Waals surface area contributed by atoms with E-state index in [9.17, 15) is 9.59 Å². The Balaban J connectivity index is 0.00000187. The molecule has 2 aliphatic carbocycles. The molecule has 40 heavy (non-hydrogen) atoms. The third kappa shape index (κ3) is 8.05. The number of aryl methyl sites for hydroxylation is 1. The van der Waals surface area contributed by atoms with Gasteiger partial charge >= 0.3 is 0 Å². The molecule has 0 bridgehead atoms. The first kappa shape index (κ1) is 35.1. The first-order valence-electron chi connectivity index (χ1n) is 14.9. The molecule has 0 aromatic heterocycles. The summed E-state index contributed by atoms with van der Waals surface area (Å²) in [6, 6.07) is 9.02. The summed E-state index contributed by atoms with van der Waals surface area (Å²) in [6.45, 7) is 5.51. The normalized spacial score (nSPS) is 26.1. The number of likely N-dealkylation sites (N-methyl/N-ethyl adjacent to an activating group) is 1. The Morgan fingerprint density at radius 1 is 0.950 bits per heavy atom. The zero-order valence-electron chi connectivity index (χ0n) is 24.1. The number of piperazine rings is 1. The summed E-state index contributed by atoms with van der Waals surface area (Å²) in [5, 5.41) is 10.1. The van der Waals surface area contributed by atoms with Crippen LogP contribution >= 0.6 is 37.2 Å². The van der Waals surface area contributed by atoms with E-state index in [4.69, 9.17) is 0 Å². The molecule has 0 radical (unpaired) electrons. The maximum Gasteiger partial charge on any atom is 0.245 e. The molecular formula is C30H50Cl3N5O2. The van der Waals surface area contributed by atoms with E-state index >= 15 is 0 Å². The van der Waals surface area contributed by atoms with Crippen LogP contribution in [0.25, 0.3) is 0 Å². The number of benzene rings is 1. The van der Waals surface area contributed by atoms with E-state index in [1.807, 2.05) is 6.92 Å². The molecule has 3 fully saturated rings. The number of hydrogen-bond donors (Lipinski definition) is 3. The van der Waals surface area contributed by atoms with Crippen LogP contribution < -0.4 is 16.0 Å². The van der Waals surface area contributed by atoms with Crippen LogP contribution in [0.3, 0.4) is 0 Å². The van der Waals surface area contributed by atoms with Gasteiger partial charge in [0.2, 0.25) is 11.8 Å². The zero-order valence-corrected chi connectivity index (χ0v) is 26.6. The zero-order chi connectivity index (χ0) is 25.8. The number of amides is 2. The fraction of sp³-hybridized carbons (Fsp3) is 0.733. The summed E-state index contributed by atoms with van der Waals surface area (Å²) < 4.78 is 0. The Morgan fingerprint density at radius 3 is 2.45 bits per heavy atom. The third-order valence-corrected chi connectivity index (χ3v) is 9.56. The number of halogens is 3. The molecule has 10 heteroatoms. The Labute approximate surface area is 259 Å². The van der Waals surface area contributed by atoms with Gasteiger partial charge in [0.25, 0.3) is 0 Å². The largest absolute Gasteiger partial charge is 0.343 e. The van der Waals surface area contributed by atoms with E-state index in [2.05, 4.69) is 50.0 Å². The van der Waals surface area contributed by atoms with E-state index in [1.54, 1.807) is 7.05 Å². The van der Waals surface area contributed by atoms with Crippen molar-refractivity contribution in [2.75, 3.05) is 33.2 Å². The molecule has 7 nitrogen and oxygen atoms in total. The molecule has 2 saturated heterocycles. The number of hydrogen-bond acceptors (Lipinski definition) is 5. The van der Waals surface area contributed by atoms with Gasteiger partial charge in [0.05, 0.1) is 12.1 Å². The molecule has 1 aromatic rings. The van der Waals surface area contributed by atoms with E-state index in [0.29, 0.717) is 12.1 Å². The van der Waals surface area contributed by atoms with Crippen molar-refractivity contribution in [1.29, 1.82) is 0 Å². The van der Waals surface area contributed by atoms with Gasteiger partial charge in [-0.1, -0.05) is 43.5 Å². The number of rotatable bonds is 8. The summed E-state index contributed by atoms with van der Waals surface area (Å²) in [4.78, 5) is 32.1. The standard InChI is InChI=1S/C30H47N5O2.3ClH/c1-21(31-2)29(36)33-28(23-11-4-3-5-12-23)30(37)35-20-24-14-9-17-34(24)19-25(35)18-32-27-16-8-13-22-10-6-7-15-26(22)27;;;/h6-7,10,15,21,23-25,27-28,31-32H,3-5,8-9,11-14,16-20H2,1-2H3,(H,33,36);3*1H/t21-,24+,25-,27+,28-;;;/m0.../s1. The van der Waals surface area contributed by atoms with Crippen molar-refractivity contribution in [2.24, 2.45) is 5.92 Å². The maximum atomic E-state index is 14.3. The second-order valence-electron chi connectivity index (χ2n) is 11.9. The third-order valence-electron chi connectivity index (χ3n) is 9.56. The van der Waals surface area contributed by atoms with Crippen molar-refractivity contribution in [1.82, 2.24) is 25.8 Å². The highest BCUT2D eigenvalue weighted by atomic mass is 35.5. The number of fused-ring (bicyclic) bond motifs is 2. The predicted molar refractivity (Wildman–Crippen MR) is 169 cm³/mol. The summed E-state index contributed by atoms with van der Waals surface area (Å²) in [7, 11) is 1.80. The number of carbonyl (C=O) groups excluding carboxylic acids is 2. The van der Waals surface area contributed by atoms with E-state index in [-0.39, 0.29) is 67.0 Å². The smallest absolute Gasteiger partial charge is 0.245 e. The minimum Gasteiger partial charge on any atom is -0.343 e. The highest BCUT2D eigenvalue weighted by Gasteiger charge is 2.43. The average molecular weight is 619 g/mol. The van der Waals surface area contributed by atoms with Gasteiger partial charge in [0, 0.05) is 31.7 Å². The van der Waals surface area contributed by atoms with Gasteiger partial charge in [-0.3, -0.25) is 14.5 Å². The van der Waals surface area contributed by atoms with Gasteiger partial charge < -0.3 is 20.9 Å². The lowest BCUT2D eigenvalue weighted by Crippen LogP contribution is -2.65. The highest BCUT2D eigenvalue weighted by molar-refractivity contribution is 5.90. The van der Waals surface area contributed by atoms with Crippen LogP contribution in [0.4, 0.5) is 0 Å². The molecule has 2 heterocycles. The lowest BCUT2D eigenvalue weighted by molar-refractivity contribution is -0.144. The van der Waals surface area contributed by atoms with Crippen LogP contribution in [0.1, 0.15) is 81.9 Å². The molecule has 1 aromatic carbocycles. The number of carbonyl (C=O) groups is 2. The Morgan fingerprint density at radius 2 is 1.70 bits per heavy atom. The van der Waals surface area contributed by atoms with E-state index in [1.165, 1.54) is 30.4 Å². The summed E-state index contributed by atoms with van der Waals surface area (Å²) in [5.74, 6) is 0.306. The SMILES string of the molecule is CN[C@@H](C)C(=O)N[C@H](C(=O)N1C[C@H]2CCCN2C[C@@H]1CN[C@@H]1CCCc2ccccc21)C1CCCCC1.Cl.Cl.Cl. The van der Waals surface area contributed by atoms with Crippen molar-refractivity contribution in [2.45, 2.75) is 101 Å². The van der Waals surface area contributed by atoms with Crippen LogP contribution in [0, 0.1) is 5.92 Å². The van der Waals surface area contributed by atoms with Gasteiger partial charge in [-0.05, 0) is 82.5 Å². The van der Waals surface area contributed by atoms with Crippen molar-refractivity contribution in [3.63, 3.8) is 0 Å². The minimum atomic E-state index is -0.422. The molecular weight excluding hydrogens is 569 g/mol. The van der Waals surface area contributed by atoms with Crippen LogP contribution in [0.5, 0.6) is 0 Å². The van der Waals surface area contributed by atoms with Gasteiger partial charge in [-0.15, -0.1) is 37.2 Å². The van der Waals surface area contributed by atoms with Gasteiger partial charge in [-0.25, -0.2) is 0 Å².